The van der Waals surface area contributed by atoms with Gasteiger partial charge in [-0.2, -0.15) is 0 Å². The molecule has 0 fully saturated rings. The summed E-state index contributed by atoms with van der Waals surface area (Å²) < 4.78 is 68.2. The van der Waals surface area contributed by atoms with Crippen molar-refractivity contribution in [2.45, 2.75) is 380 Å². The van der Waals surface area contributed by atoms with Gasteiger partial charge in [0.1, 0.15) is 19.3 Å². The van der Waals surface area contributed by atoms with Crippen molar-refractivity contribution in [1.82, 2.24) is 0 Å². The molecule has 0 aliphatic rings. The van der Waals surface area contributed by atoms with Crippen LogP contribution in [0.4, 0.5) is 0 Å². The first-order valence-electron chi connectivity index (χ1n) is 36.7. The van der Waals surface area contributed by atoms with Crippen LogP contribution in [0.15, 0.2) is 0 Å². The van der Waals surface area contributed by atoms with E-state index < -0.39 is 97.5 Å². The minimum atomic E-state index is -4.95. The molecular weight excluding hydrogens is 1170 g/mol. The molecule has 0 saturated carbocycles. The molecule has 19 heteroatoms. The summed E-state index contributed by atoms with van der Waals surface area (Å²) in [5.74, 6) is -1.28. The van der Waals surface area contributed by atoms with Gasteiger partial charge >= 0.3 is 39.5 Å². The van der Waals surface area contributed by atoms with Gasteiger partial charge in [0.05, 0.1) is 26.4 Å². The number of aliphatic hydroxyl groups is 1. The Labute approximate surface area is 543 Å². The van der Waals surface area contributed by atoms with Gasteiger partial charge in [0, 0.05) is 25.7 Å². The van der Waals surface area contributed by atoms with Gasteiger partial charge in [-0.05, 0) is 31.6 Å². The molecule has 0 spiro atoms. The highest BCUT2D eigenvalue weighted by atomic mass is 31.2. The number of esters is 4. The first-order valence-corrected chi connectivity index (χ1v) is 39.7. The second-order valence-corrected chi connectivity index (χ2v) is 28.4. The van der Waals surface area contributed by atoms with E-state index in [1.54, 1.807) is 0 Å². The smallest absolute Gasteiger partial charge is 0.462 e. The van der Waals surface area contributed by atoms with Crippen LogP contribution in [-0.4, -0.2) is 96.7 Å². The second-order valence-electron chi connectivity index (χ2n) is 25.5. The topological polar surface area (TPSA) is 237 Å². The fraction of sp³-hybridized carbons (Fsp3) is 0.943. The third kappa shape index (κ3) is 63.2. The molecule has 0 aromatic carbocycles. The summed E-state index contributed by atoms with van der Waals surface area (Å²) in [6.45, 7) is 7.26. The van der Waals surface area contributed by atoms with Crippen LogP contribution in [0, 0.1) is 5.92 Å². The number of phosphoric ester groups is 2. The van der Waals surface area contributed by atoms with E-state index in [4.69, 9.17) is 37.0 Å². The molecule has 17 nitrogen and oxygen atoms in total. The minimum Gasteiger partial charge on any atom is -0.462 e. The van der Waals surface area contributed by atoms with Crippen LogP contribution in [0.2, 0.25) is 0 Å². The highest BCUT2D eigenvalue weighted by Crippen LogP contribution is 2.45. The molecule has 0 aromatic rings. The van der Waals surface area contributed by atoms with E-state index in [1.165, 1.54) is 180 Å². The fourth-order valence-corrected chi connectivity index (χ4v) is 12.2. The van der Waals surface area contributed by atoms with Gasteiger partial charge in [-0.25, -0.2) is 9.13 Å². The summed E-state index contributed by atoms with van der Waals surface area (Å²) in [6, 6.07) is 0. The van der Waals surface area contributed by atoms with E-state index in [0.29, 0.717) is 25.7 Å². The zero-order valence-corrected chi connectivity index (χ0v) is 59.4. The van der Waals surface area contributed by atoms with E-state index in [1.807, 2.05) is 0 Å². The maximum atomic E-state index is 13.0. The number of aliphatic hydroxyl groups excluding tert-OH is 1. The van der Waals surface area contributed by atoms with Crippen LogP contribution in [0.5, 0.6) is 0 Å². The van der Waals surface area contributed by atoms with E-state index in [2.05, 4.69) is 34.6 Å². The molecule has 0 heterocycles. The predicted octanol–water partition coefficient (Wildman–Crippen LogP) is 20.1. The summed E-state index contributed by atoms with van der Waals surface area (Å²) in [6.07, 6.45) is 49.9. The lowest BCUT2D eigenvalue weighted by atomic mass is 9.99. The molecule has 528 valence electrons. The molecule has 0 rings (SSSR count). The van der Waals surface area contributed by atoms with Crippen LogP contribution in [0.1, 0.15) is 362 Å². The first-order chi connectivity index (χ1) is 43.1. The van der Waals surface area contributed by atoms with Gasteiger partial charge in [-0.1, -0.05) is 311 Å². The molecule has 0 saturated heterocycles. The van der Waals surface area contributed by atoms with Crippen LogP contribution >= 0.6 is 15.6 Å². The van der Waals surface area contributed by atoms with Crippen LogP contribution in [-0.2, 0) is 65.4 Å². The Morgan fingerprint density at radius 2 is 0.539 bits per heavy atom. The van der Waals surface area contributed by atoms with Gasteiger partial charge in [-0.15, -0.1) is 0 Å². The van der Waals surface area contributed by atoms with Gasteiger partial charge in [0.15, 0.2) is 12.2 Å². The predicted molar refractivity (Wildman–Crippen MR) is 358 cm³/mol. The van der Waals surface area contributed by atoms with Crippen molar-refractivity contribution < 1.29 is 80.2 Å². The molecular formula is C70H136O17P2. The molecule has 3 N–H and O–H groups in total. The standard InChI is InChI=1S/C70H136O17P2/c1-6-10-13-16-19-22-23-24-28-31-35-39-44-49-54-68(73)81-60-66(87-70(75)56-51-46-41-36-32-29-26-25-27-30-34-37-42-47-52-63(5)9-4)62-85-89(78,79)83-58-64(71)57-82-88(76,77)84-61-65(59-80-67(72)53-48-43-38-21-18-15-12-8-3)86-69(74)55-50-45-40-33-20-17-14-11-7-2/h63-66,71H,6-62H2,1-5H3,(H,76,77)(H,78,79)/t63?,64-,65+,66+/m0/s1. The van der Waals surface area contributed by atoms with Crippen LogP contribution < -0.4 is 0 Å². The Balaban J connectivity index is 5.19. The highest BCUT2D eigenvalue weighted by Gasteiger charge is 2.30. The summed E-state index contributed by atoms with van der Waals surface area (Å²) in [4.78, 5) is 72.4. The molecule has 0 aliphatic heterocycles. The average Bonchev–Trinajstić information content (AvgIpc) is 3.55. The molecule has 89 heavy (non-hydrogen) atoms. The lowest BCUT2D eigenvalue weighted by Gasteiger charge is -2.21. The lowest BCUT2D eigenvalue weighted by Crippen LogP contribution is -2.30. The Morgan fingerprint density at radius 1 is 0.315 bits per heavy atom. The average molecular weight is 1310 g/mol. The lowest BCUT2D eigenvalue weighted by molar-refractivity contribution is -0.161. The Morgan fingerprint density at radius 3 is 0.798 bits per heavy atom. The third-order valence-electron chi connectivity index (χ3n) is 16.6. The quantitative estimate of drug-likeness (QED) is 0.0222. The van der Waals surface area contributed by atoms with Crippen molar-refractivity contribution in [2.24, 2.45) is 5.92 Å². The Kier molecular flexibility index (Phi) is 62.1. The van der Waals surface area contributed by atoms with Gasteiger partial charge in [0.25, 0.3) is 0 Å². The monoisotopic (exact) mass is 1310 g/mol. The van der Waals surface area contributed by atoms with Gasteiger partial charge in [-0.3, -0.25) is 37.3 Å². The summed E-state index contributed by atoms with van der Waals surface area (Å²) >= 11 is 0. The van der Waals surface area contributed by atoms with Crippen LogP contribution in [0.25, 0.3) is 0 Å². The number of phosphoric acid groups is 2. The number of unbranched alkanes of at least 4 members (excludes halogenated alkanes) is 41. The van der Waals surface area contributed by atoms with E-state index in [-0.39, 0.29) is 25.7 Å². The fourth-order valence-electron chi connectivity index (χ4n) is 10.6. The molecule has 0 radical (unpaired) electrons. The summed E-state index contributed by atoms with van der Waals surface area (Å²) in [5, 5.41) is 10.6. The SMILES string of the molecule is CCCCCCCCCCCCCCCCC(=O)OC[C@H](COP(=O)(O)OC[C@@H](O)COP(=O)(O)OC[C@@H](COC(=O)CCCCCCCCCC)OC(=O)CCCCCCCCCCC)OC(=O)CCCCCCCCCCCCCCCCC(C)CC. The molecule has 0 bridgehead atoms. The number of carbonyl (C=O) groups is 4. The van der Waals surface area contributed by atoms with Crippen molar-refractivity contribution in [3.05, 3.63) is 0 Å². The normalized spacial score (nSPS) is 14.4. The molecule has 0 amide bonds. The van der Waals surface area contributed by atoms with Crippen molar-refractivity contribution in [3.63, 3.8) is 0 Å². The van der Waals surface area contributed by atoms with Crippen molar-refractivity contribution in [1.29, 1.82) is 0 Å². The number of ether oxygens (including phenoxy) is 4. The van der Waals surface area contributed by atoms with Gasteiger partial charge in [0.2, 0.25) is 0 Å². The molecule has 0 aromatic heterocycles. The van der Waals surface area contributed by atoms with E-state index in [9.17, 15) is 43.2 Å². The van der Waals surface area contributed by atoms with Crippen LogP contribution in [0.3, 0.4) is 0 Å². The maximum absolute atomic E-state index is 13.0. The highest BCUT2D eigenvalue weighted by molar-refractivity contribution is 7.47. The zero-order valence-electron chi connectivity index (χ0n) is 57.6. The second kappa shape index (κ2) is 63.5. The molecule has 6 atom stereocenters. The summed E-state index contributed by atoms with van der Waals surface area (Å²) in [7, 11) is -9.89. The van der Waals surface area contributed by atoms with Gasteiger partial charge < -0.3 is 33.8 Å². The summed E-state index contributed by atoms with van der Waals surface area (Å²) in [5.41, 5.74) is 0. The van der Waals surface area contributed by atoms with Crippen molar-refractivity contribution in [3.8, 4) is 0 Å². The number of hydrogen-bond acceptors (Lipinski definition) is 15. The number of carbonyl (C=O) groups excluding carboxylic acids is 4. The largest absolute Gasteiger partial charge is 0.472 e. The van der Waals surface area contributed by atoms with Crippen molar-refractivity contribution >= 4 is 39.5 Å². The first kappa shape index (κ1) is 87.1. The third-order valence-corrected chi connectivity index (χ3v) is 18.5. The molecule has 0 aliphatic carbocycles. The van der Waals surface area contributed by atoms with E-state index in [0.717, 1.165) is 102 Å². The maximum Gasteiger partial charge on any atom is 0.472 e. The Bertz CT molecular complexity index is 1720. The van der Waals surface area contributed by atoms with Crippen molar-refractivity contribution in [2.75, 3.05) is 39.6 Å². The Hall–Kier alpha value is -1.94. The molecule has 3 unspecified atom stereocenters. The number of rotatable bonds is 70. The minimum absolute atomic E-state index is 0.106. The van der Waals surface area contributed by atoms with E-state index >= 15 is 0 Å². The number of hydrogen-bond donors (Lipinski definition) is 3. The zero-order chi connectivity index (χ0) is 65.6.